The number of H-pyrrole nitrogens is 1. The number of nitrogens with one attached hydrogen (secondary N) is 1. The standard InChI is InChI=1S/C18H14ClIN4O2/c19-11-6-13-10(5-12(11)20)17(25)23-18(26)24(13)16-14(8-1-2-8)21-7-22-15(16)9-3-4-9/h5-9H,1-4H2,(H,23,25,26). The maximum absolute atomic E-state index is 12.8. The minimum Gasteiger partial charge on any atom is -0.273 e. The summed E-state index contributed by atoms with van der Waals surface area (Å²) in [5, 5.41) is 0.945. The highest BCUT2D eigenvalue weighted by Crippen LogP contribution is 2.47. The first-order valence-corrected chi connectivity index (χ1v) is 9.99. The van der Waals surface area contributed by atoms with Crippen molar-refractivity contribution in [2.75, 3.05) is 0 Å². The zero-order valence-electron chi connectivity index (χ0n) is 13.6. The SMILES string of the molecule is O=c1[nH]c(=O)n(-c2c(C3CC3)ncnc2C2CC2)c2cc(Cl)c(I)cc12. The summed E-state index contributed by atoms with van der Waals surface area (Å²) in [4.78, 5) is 36.7. The number of benzene rings is 1. The van der Waals surface area contributed by atoms with Crippen LogP contribution in [0.2, 0.25) is 5.02 Å². The number of nitrogens with zero attached hydrogens (tertiary/aromatic N) is 3. The lowest BCUT2D eigenvalue weighted by Gasteiger charge is -2.17. The van der Waals surface area contributed by atoms with Crippen LogP contribution in [0.3, 0.4) is 0 Å². The Morgan fingerprint density at radius 2 is 1.69 bits per heavy atom. The molecule has 2 heterocycles. The number of rotatable bonds is 3. The van der Waals surface area contributed by atoms with Gasteiger partial charge in [0.2, 0.25) is 0 Å². The Hall–Kier alpha value is -1.74. The Morgan fingerprint density at radius 1 is 1.08 bits per heavy atom. The number of hydrogen-bond donors (Lipinski definition) is 1. The third-order valence-corrected chi connectivity index (χ3v) is 6.50. The Balaban J connectivity index is 1.93. The second-order valence-corrected chi connectivity index (χ2v) is 8.49. The van der Waals surface area contributed by atoms with Crippen molar-refractivity contribution in [2.24, 2.45) is 0 Å². The second kappa shape index (κ2) is 5.88. The topological polar surface area (TPSA) is 80.6 Å². The average Bonchev–Trinajstić information content (AvgIpc) is 3.49. The molecule has 1 aromatic carbocycles. The van der Waals surface area contributed by atoms with Crippen LogP contribution in [0, 0.1) is 3.57 Å². The van der Waals surface area contributed by atoms with E-state index in [2.05, 4.69) is 37.5 Å². The van der Waals surface area contributed by atoms with E-state index in [1.807, 2.05) is 0 Å². The molecule has 0 amide bonds. The molecular formula is C18H14ClIN4O2. The van der Waals surface area contributed by atoms with Gasteiger partial charge in [-0.1, -0.05) is 11.6 Å². The number of halogens is 2. The van der Waals surface area contributed by atoms with Gasteiger partial charge in [0.1, 0.15) is 6.33 Å². The number of hydrogen-bond acceptors (Lipinski definition) is 4. The Bertz CT molecular complexity index is 1150. The van der Waals surface area contributed by atoms with E-state index in [0.717, 1.165) is 46.3 Å². The summed E-state index contributed by atoms with van der Waals surface area (Å²) < 4.78 is 2.32. The van der Waals surface area contributed by atoms with Gasteiger partial charge in [-0.2, -0.15) is 0 Å². The van der Waals surface area contributed by atoms with Crippen LogP contribution >= 0.6 is 34.2 Å². The van der Waals surface area contributed by atoms with Gasteiger partial charge in [0, 0.05) is 15.4 Å². The van der Waals surface area contributed by atoms with Crippen molar-refractivity contribution >= 4 is 45.1 Å². The molecule has 5 rings (SSSR count). The lowest BCUT2D eigenvalue weighted by molar-refractivity contribution is 0.837. The van der Waals surface area contributed by atoms with E-state index < -0.39 is 11.2 Å². The van der Waals surface area contributed by atoms with Gasteiger partial charge in [-0.25, -0.2) is 14.8 Å². The molecule has 0 aliphatic heterocycles. The van der Waals surface area contributed by atoms with Crippen molar-refractivity contribution < 1.29 is 0 Å². The first-order valence-electron chi connectivity index (χ1n) is 8.54. The summed E-state index contributed by atoms with van der Waals surface area (Å²) in [6, 6.07) is 3.40. The molecule has 3 aromatic rings. The smallest absolute Gasteiger partial charge is 0.273 e. The van der Waals surface area contributed by atoms with E-state index in [4.69, 9.17) is 11.6 Å². The molecule has 2 saturated carbocycles. The minimum absolute atomic E-state index is 0.346. The maximum atomic E-state index is 12.8. The highest BCUT2D eigenvalue weighted by molar-refractivity contribution is 14.1. The molecule has 8 heteroatoms. The molecule has 0 atom stereocenters. The molecule has 26 heavy (non-hydrogen) atoms. The van der Waals surface area contributed by atoms with Gasteiger partial charge in [0.15, 0.2) is 0 Å². The second-order valence-electron chi connectivity index (χ2n) is 6.92. The van der Waals surface area contributed by atoms with Gasteiger partial charge in [0.05, 0.1) is 33.0 Å². The van der Waals surface area contributed by atoms with Crippen molar-refractivity contribution in [2.45, 2.75) is 37.5 Å². The molecule has 6 nitrogen and oxygen atoms in total. The van der Waals surface area contributed by atoms with Gasteiger partial charge < -0.3 is 0 Å². The summed E-state index contributed by atoms with van der Waals surface area (Å²) in [6.07, 6.45) is 5.83. The van der Waals surface area contributed by atoms with Gasteiger partial charge >= 0.3 is 5.69 Å². The first-order chi connectivity index (χ1) is 12.5. The molecular weight excluding hydrogens is 467 g/mol. The Kier molecular flexibility index (Phi) is 3.72. The van der Waals surface area contributed by atoms with Gasteiger partial charge in [-0.15, -0.1) is 0 Å². The van der Waals surface area contributed by atoms with E-state index in [1.54, 1.807) is 23.0 Å². The quantitative estimate of drug-likeness (QED) is 0.582. The molecule has 0 saturated heterocycles. The van der Waals surface area contributed by atoms with Crippen LogP contribution in [0.1, 0.15) is 48.9 Å². The normalized spacial score (nSPS) is 17.0. The van der Waals surface area contributed by atoms with Gasteiger partial charge in [-0.3, -0.25) is 14.3 Å². The lowest BCUT2D eigenvalue weighted by atomic mass is 10.1. The van der Waals surface area contributed by atoms with Crippen molar-refractivity contribution in [1.29, 1.82) is 0 Å². The third-order valence-electron chi connectivity index (χ3n) is 4.98. The fourth-order valence-corrected chi connectivity index (χ4v) is 4.03. The van der Waals surface area contributed by atoms with Crippen LogP contribution in [0.15, 0.2) is 28.0 Å². The minimum atomic E-state index is -0.474. The molecule has 0 radical (unpaired) electrons. The summed E-state index contributed by atoms with van der Waals surface area (Å²) in [6.45, 7) is 0. The fraction of sp³-hybridized carbons (Fsp3) is 0.333. The van der Waals surface area contributed by atoms with E-state index in [0.29, 0.717) is 27.8 Å². The molecule has 2 aliphatic rings. The predicted molar refractivity (Wildman–Crippen MR) is 107 cm³/mol. The van der Waals surface area contributed by atoms with Crippen LogP contribution < -0.4 is 11.2 Å². The third kappa shape index (κ3) is 2.60. The fourth-order valence-electron chi connectivity index (χ4n) is 3.40. The molecule has 0 spiro atoms. The first kappa shape index (κ1) is 16.4. The van der Waals surface area contributed by atoms with Crippen LogP contribution in [0.4, 0.5) is 0 Å². The van der Waals surface area contributed by atoms with Crippen molar-refractivity contribution in [3.8, 4) is 5.69 Å². The van der Waals surface area contributed by atoms with Gasteiger partial charge in [0.25, 0.3) is 5.56 Å². The van der Waals surface area contributed by atoms with E-state index in [1.165, 1.54) is 0 Å². The van der Waals surface area contributed by atoms with Crippen molar-refractivity contribution in [3.63, 3.8) is 0 Å². The molecule has 2 aliphatic carbocycles. The Labute approximate surface area is 166 Å². The van der Waals surface area contributed by atoms with E-state index in [9.17, 15) is 9.59 Å². The Morgan fingerprint density at radius 3 is 2.27 bits per heavy atom. The van der Waals surface area contributed by atoms with E-state index >= 15 is 0 Å². The number of aromatic nitrogens is 4. The average molecular weight is 481 g/mol. The molecule has 132 valence electrons. The summed E-state index contributed by atoms with van der Waals surface area (Å²) >= 11 is 8.40. The van der Waals surface area contributed by atoms with Crippen LogP contribution in [-0.2, 0) is 0 Å². The number of aromatic amines is 1. The lowest BCUT2D eigenvalue weighted by Crippen LogP contribution is -2.31. The maximum Gasteiger partial charge on any atom is 0.333 e. The molecule has 0 unspecified atom stereocenters. The molecule has 1 N–H and O–H groups in total. The largest absolute Gasteiger partial charge is 0.333 e. The molecule has 0 bridgehead atoms. The monoisotopic (exact) mass is 480 g/mol. The van der Waals surface area contributed by atoms with Crippen molar-refractivity contribution in [3.05, 3.63) is 59.3 Å². The summed E-state index contributed by atoms with van der Waals surface area (Å²) in [5.74, 6) is 0.692. The van der Waals surface area contributed by atoms with Crippen molar-refractivity contribution in [1.82, 2.24) is 19.5 Å². The predicted octanol–water partition coefficient (Wildman–Crippen LogP) is 3.48. The van der Waals surface area contributed by atoms with E-state index in [-0.39, 0.29) is 0 Å². The molecule has 2 fully saturated rings. The van der Waals surface area contributed by atoms with Crippen LogP contribution in [0.5, 0.6) is 0 Å². The zero-order valence-corrected chi connectivity index (χ0v) is 16.5. The van der Waals surface area contributed by atoms with Crippen LogP contribution in [-0.4, -0.2) is 19.5 Å². The zero-order chi connectivity index (χ0) is 18.0. The number of fused-ring (bicyclic) bond motifs is 1. The van der Waals surface area contributed by atoms with Gasteiger partial charge in [-0.05, 0) is 60.4 Å². The summed E-state index contributed by atoms with van der Waals surface area (Å²) in [7, 11) is 0. The van der Waals surface area contributed by atoms with Crippen LogP contribution in [0.25, 0.3) is 16.6 Å². The highest BCUT2D eigenvalue weighted by Gasteiger charge is 2.35. The highest BCUT2D eigenvalue weighted by atomic mass is 127. The molecule has 2 aromatic heterocycles. The summed E-state index contributed by atoms with van der Waals surface area (Å²) in [5.41, 5.74) is 2.15.